The van der Waals surface area contributed by atoms with E-state index < -0.39 is 0 Å². The summed E-state index contributed by atoms with van der Waals surface area (Å²) in [4.78, 5) is 13.4. The lowest BCUT2D eigenvalue weighted by Gasteiger charge is -2.24. The molecule has 0 aliphatic rings. The smallest absolute Gasteiger partial charge is 0.333 e. The fourth-order valence-corrected chi connectivity index (χ4v) is 1.90. The first-order valence-corrected chi connectivity index (χ1v) is 6.54. The SMILES string of the molecule is COC(=O)C(C)=CCN(C)C(C)c1cccc(Cl)c1. The van der Waals surface area contributed by atoms with Crippen LogP contribution in [0, 0.1) is 0 Å². The molecule has 104 valence electrons. The number of carbonyl (C=O) groups is 1. The molecule has 0 saturated heterocycles. The van der Waals surface area contributed by atoms with Crippen LogP contribution in [0.4, 0.5) is 0 Å². The molecule has 0 radical (unpaired) electrons. The van der Waals surface area contributed by atoms with Crippen LogP contribution < -0.4 is 0 Å². The summed E-state index contributed by atoms with van der Waals surface area (Å²) in [6, 6.07) is 8.03. The standard InChI is InChI=1S/C15H20ClNO2/c1-11(15(18)19-4)8-9-17(3)12(2)13-6-5-7-14(16)10-13/h5-8,10,12H,9H2,1-4H3. The Kier molecular flexibility index (Phi) is 6.06. The van der Waals surface area contributed by atoms with Gasteiger partial charge >= 0.3 is 5.97 Å². The summed E-state index contributed by atoms with van der Waals surface area (Å²) >= 11 is 5.99. The van der Waals surface area contributed by atoms with Gasteiger partial charge in [0.2, 0.25) is 0 Å². The van der Waals surface area contributed by atoms with Crippen molar-refractivity contribution in [2.24, 2.45) is 0 Å². The van der Waals surface area contributed by atoms with E-state index in [4.69, 9.17) is 11.6 Å². The highest BCUT2D eigenvalue weighted by Crippen LogP contribution is 2.21. The highest BCUT2D eigenvalue weighted by atomic mass is 35.5. The monoisotopic (exact) mass is 281 g/mol. The molecule has 4 heteroatoms. The van der Waals surface area contributed by atoms with Crippen LogP contribution in [0.1, 0.15) is 25.5 Å². The fourth-order valence-electron chi connectivity index (χ4n) is 1.70. The van der Waals surface area contributed by atoms with Gasteiger partial charge < -0.3 is 4.74 Å². The van der Waals surface area contributed by atoms with E-state index in [1.165, 1.54) is 7.11 Å². The fraction of sp³-hybridized carbons (Fsp3) is 0.400. The first-order chi connectivity index (χ1) is 8.95. The van der Waals surface area contributed by atoms with E-state index in [1.807, 2.05) is 37.4 Å². The Morgan fingerprint density at radius 1 is 1.53 bits per heavy atom. The third-order valence-corrected chi connectivity index (χ3v) is 3.42. The molecule has 1 aromatic carbocycles. The zero-order valence-corrected chi connectivity index (χ0v) is 12.6. The Hall–Kier alpha value is -1.32. The molecule has 19 heavy (non-hydrogen) atoms. The second-order valence-corrected chi connectivity index (χ2v) is 4.99. The highest BCUT2D eigenvalue weighted by molar-refractivity contribution is 6.30. The lowest BCUT2D eigenvalue weighted by molar-refractivity contribution is -0.136. The van der Waals surface area contributed by atoms with E-state index in [-0.39, 0.29) is 12.0 Å². The number of hydrogen-bond donors (Lipinski definition) is 0. The molecule has 0 saturated carbocycles. The molecule has 0 aliphatic heterocycles. The summed E-state index contributed by atoms with van der Waals surface area (Å²) in [6.45, 7) is 4.53. The summed E-state index contributed by atoms with van der Waals surface area (Å²) in [5.41, 5.74) is 1.77. The Morgan fingerprint density at radius 3 is 2.79 bits per heavy atom. The van der Waals surface area contributed by atoms with Crippen LogP contribution in [0.15, 0.2) is 35.9 Å². The second kappa shape index (κ2) is 7.31. The van der Waals surface area contributed by atoms with Crippen molar-refractivity contribution in [3.63, 3.8) is 0 Å². The molecular weight excluding hydrogens is 262 g/mol. The number of rotatable bonds is 5. The van der Waals surface area contributed by atoms with Crippen molar-refractivity contribution >= 4 is 17.6 Å². The number of halogens is 1. The molecule has 1 rings (SSSR count). The van der Waals surface area contributed by atoms with Crippen LogP contribution >= 0.6 is 11.6 Å². The summed E-state index contributed by atoms with van der Waals surface area (Å²) < 4.78 is 4.66. The Morgan fingerprint density at radius 2 is 2.21 bits per heavy atom. The van der Waals surface area contributed by atoms with Gasteiger partial charge in [-0.15, -0.1) is 0 Å². The number of ether oxygens (including phenoxy) is 1. The molecule has 1 unspecified atom stereocenters. The van der Waals surface area contributed by atoms with Gasteiger partial charge in [-0.05, 0) is 38.6 Å². The van der Waals surface area contributed by atoms with Crippen LogP contribution in [0.5, 0.6) is 0 Å². The molecule has 0 fully saturated rings. The Balaban J connectivity index is 2.68. The van der Waals surface area contributed by atoms with Crippen LogP contribution in [0.3, 0.4) is 0 Å². The molecule has 3 nitrogen and oxygen atoms in total. The molecule has 0 N–H and O–H groups in total. The normalized spacial score (nSPS) is 13.5. The average Bonchev–Trinajstić information content (AvgIpc) is 2.42. The molecule has 0 aromatic heterocycles. The number of carbonyl (C=O) groups excluding carboxylic acids is 1. The number of likely N-dealkylation sites (N-methyl/N-ethyl adjacent to an activating group) is 1. The molecule has 1 aromatic rings. The van der Waals surface area contributed by atoms with E-state index in [0.29, 0.717) is 12.1 Å². The van der Waals surface area contributed by atoms with Crippen molar-refractivity contribution in [1.29, 1.82) is 0 Å². The quantitative estimate of drug-likeness (QED) is 0.611. The van der Waals surface area contributed by atoms with Gasteiger partial charge in [0.1, 0.15) is 0 Å². The zero-order chi connectivity index (χ0) is 14.4. The van der Waals surface area contributed by atoms with Gasteiger partial charge in [-0.25, -0.2) is 4.79 Å². The van der Waals surface area contributed by atoms with Gasteiger partial charge in [0, 0.05) is 23.2 Å². The van der Waals surface area contributed by atoms with Gasteiger partial charge in [-0.3, -0.25) is 4.90 Å². The predicted molar refractivity (Wildman–Crippen MR) is 78.3 cm³/mol. The largest absolute Gasteiger partial charge is 0.466 e. The first-order valence-electron chi connectivity index (χ1n) is 6.16. The summed E-state index contributed by atoms with van der Waals surface area (Å²) in [5.74, 6) is -0.288. The number of esters is 1. The van der Waals surface area contributed by atoms with E-state index in [2.05, 4.69) is 16.6 Å². The number of benzene rings is 1. The third-order valence-electron chi connectivity index (χ3n) is 3.19. The number of methoxy groups -OCH3 is 1. The van der Waals surface area contributed by atoms with Gasteiger partial charge in [-0.2, -0.15) is 0 Å². The Labute approximate surface area is 119 Å². The minimum Gasteiger partial charge on any atom is -0.466 e. The highest BCUT2D eigenvalue weighted by Gasteiger charge is 2.11. The van der Waals surface area contributed by atoms with Crippen LogP contribution in [-0.4, -0.2) is 31.6 Å². The molecular formula is C15H20ClNO2. The van der Waals surface area contributed by atoms with Crippen molar-refractivity contribution in [3.05, 3.63) is 46.5 Å². The summed E-state index contributed by atoms with van der Waals surface area (Å²) in [7, 11) is 3.39. The van der Waals surface area contributed by atoms with E-state index in [0.717, 1.165) is 10.6 Å². The lowest BCUT2D eigenvalue weighted by atomic mass is 10.1. The summed E-state index contributed by atoms with van der Waals surface area (Å²) in [6.07, 6.45) is 1.87. The van der Waals surface area contributed by atoms with Crippen LogP contribution in [-0.2, 0) is 9.53 Å². The molecule has 0 heterocycles. The van der Waals surface area contributed by atoms with Crippen LogP contribution in [0.25, 0.3) is 0 Å². The van der Waals surface area contributed by atoms with E-state index in [1.54, 1.807) is 6.92 Å². The minimum absolute atomic E-state index is 0.223. The minimum atomic E-state index is -0.288. The number of hydrogen-bond acceptors (Lipinski definition) is 3. The molecule has 0 aliphatic carbocycles. The zero-order valence-electron chi connectivity index (χ0n) is 11.8. The molecule has 0 bridgehead atoms. The molecule has 1 atom stereocenters. The average molecular weight is 282 g/mol. The van der Waals surface area contributed by atoms with Crippen LogP contribution in [0.2, 0.25) is 5.02 Å². The van der Waals surface area contributed by atoms with Gasteiger partial charge in [0.25, 0.3) is 0 Å². The van der Waals surface area contributed by atoms with Gasteiger partial charge in [0.15, 0.2) is 0 Å². The second-order valence-electron chi connectivity index (χ2n) is 4.55. The third kappa shape index (κ3) is 4.69. The van der Waals surface area contributed by atoms with Crippen molar-refractivity contribution in [2.45, 2.75) is 19.9 Å². The summed E-state index contributed by atoms with van der Waals surface area (Å²) in [5, 5.41) is 0.735. The maximum Gasteiger partial charge on any atom is 0.333 e. The van der Waals surface area contributed by atoms with Gasteiger partial charge in [0.05, 0.1) is 7.11 Å². The van der Waals surface area contributed by atoms with E-state index in [9.17, 15) is 4.79 Å². The van der Waals surface area contributed by atoms with Crippen molar-refractivity contribution in [1.82, 2.24) is 4.90 Å². The van der Waals surface area contributed by atoms with Crippen molar-refractivity contribution in [3.8, 4) is 0 Å². The van der Waals surface area contributed by atoms with E-state index >= 15 is 0 Å². The topological polar surface area (TPSA) is 29.5 Å². The maximum absolute atomic E-state index is 11.3. The van der Waals surface area contributed by atoms with Crippen molar-refractivity contribution < 1.29 is 9.53 Å². The van der Waals surface area contributed by atoms with Gasteiger partial charge in [-0.1, -0.05) is 29.8 Å². The Bertz CT molecular complexity index is 471. The van der Waals surface area contributed by atoms with Crippen molar-refractivity contribution in [2.75, 3.05) is 20.7 Å². The molecule has 0 spiro atoms. The predicted octanol–water partition coefficient (Wildman–Crippen LogP) is 3.45. The molecule has 0 amide bonds. The maximum atomic E-state index is 11.3. The lowest BCUT2D eigenvalue weighted by Crippen LogP contribution is -2.23. The number of nitrogens with zero attached hydrogens (tertiary/aromatic N) is 1. The first kappa shape index (κ1) is 15.7.